The van der Waals surface area contributed by atoms with Crippen LogP contribution in [0.3, 0.4) is 0 Å². The molecule has 1 rings (SSSR count). The molecule has 1 heterocycles. The monoisotopic (exact) mass is 214 g/mol. The van der Waals surface area contributed by atoms with Crippen LogP contribution in [-0.4, -0.2) is 35.7 Å². The Bertz CT molecular complexity index is 256. The number of rotatable bonds is 1. The van der Waals surface area contributed by atoms with Crippen molar-refractivity contribution < 1.29 is 9.53 Å². The fourth-order valence-electron chi connectivity index (χ4n) is 1.92. The lowest BCUT2D eigenvalue weighted by atomic mass is 9.75. The van der Waals surface area contributed by atoms with E-state index in [0.29, 0.717) is 6.54 Å². The van der Waals surface area contributed by atoms with E-state index in [1.54, 1.807) is 4.90 Å². The molecule has 0 unspecified atom stereocenters. The summed E-state index contributed by atoms with van der Waals surface area (Å²) in [6.45, 7) is 11.1. The number of hydrogen-bond acceptors (Lipinski definition) is 3. The van der Waals surface area contributed by atoms with Crippen LogP contribution in [0.5, 0.6) is 0 Å². The van der Waals surface area contributed by atoms with Crippen LogP contribution < -0.4 is 5.73 Å². The molecule has 2 N–H and O–H groups in total. The third-order valence-electron chi connectivity index (χ3n) is 2.71. The van der Waals surface area contributed by atoms with Crippen LogP contribution in [0, 0.1) is 5.41 Å². The number of likely N-dealkylation sites (tertiary alicyclic amines) is 1. The quantitative estimate of drug-likeness (QED) is 0.721. The van der Waals surface area contributed by atoms with Gasteiger partial charge in [-0.25, -0.2) is 4.79 Å². The number of carbonyl (C=O) groups is 1. The van der Waals surface area contributed by atoms with Gasteiger partial charge in [0.2, 0.25) is 0 Å². The molecule has 0 aromatic carbocycles. The molecule has 1 atom stereocenters. The normalized spacial score (nSPS) is 24.7. The van der Waals surface area contributed by atoms with E-state index in [1.807, 2.05) is 20.8 Å². The van der Waals surface area contributed by atoms with Gasteiger partial charge in [-0.1, -0.05) is 13.8 Å². The molecule has 4 heteroatoms. The zero-order valence-corrected chi connectivity index (χ0v) is 10.3. The van der Waals surface area contributed by atoms with Gasteiger partial charge < -0.3 is 15.4 Å². The highest BCUT2D eigenvalue weighted by Crippen LogP contribution is 2.37. The third-order valence-corrected chi connectivity index (χ3v) is 2.71. The molecule has 0 spiro atoms. The van der Waals surface area contributed by atoms with Crippen molar-refractivity contribution in [1.82, 2.24) is 4.90 Å². The molecule has 0 aliphatic carbocycles. The summed E-state index contributed by atoms with van der Waals surface area (Å²) in [5, 5.41) is 0. The van der Waals surface area contributed by atoms with E-state index in [1.165, 1.54) is 0 Å². The molecule has 0 aromatic rings. The Morgan fingerprint density at radius 1 is 1.53 bits per heavy atom. The molecule has 0 saturated carbocycles. The predicted molar refractivity (Wildman–Crippen MR) is 59.6 cm³/mol. The molecular weight excluding hydrogens is 192 g/mol. The van der Waals surface area contributed by atoms with Crippen molar-refractivity contribution in [3.63, 3.8) is 0 Å². The summed E-state index contributed by atoms with van der Waals surface area (Å²) in [6, 6.07) is 0.104. The lowest BCUT2D eigenvalue weighted by molar-refractivity contribution is -0.0604. The van der Waals surface area contributed by atoms with Gasteiger partial charge in [0.15, 0.2) is 0 Å². The van der Waals surface area contributed by atoms with Gasteiger partial charge in [0.1, 0.15) is 5.60 Å². The SMILES string of the molecule is CC(C)(C)OC(=O)N1CC(C)(C)[C@H]1CN. The van der Waals surface area contributed by atoms with Crippen LogP contribution in [0.1, 0.15) is 34.6 Å². The number of nitrogens with two attached hydrogens (primary N) is 1. The first-order valence-electron chi connectivity index (χ1n) is 5.37. The first-order valence-corrected chi connectivity index (χ1v) is 5.37. The second kappa shape index (κ2) is 3.67. The van der Waals surface area contributed by atoms with Crippen molar-refractivity contribution in [1.29, 1.82) is 0 Å². The molecule has 0 bridgehead atoms. The molecule has 1 fully saturated rings. The molecule has 0 radical (unpaired) electrons. The number of carbonyl (C=O) groups excluding carboxylic acids is 1. The molecule has 1 aliphatic rings. The molecule has 1 aliphatic heterocycles. The van der Waals surface area contributed by atoms with Gasteiger partial charge in [-0.3, -0.25) is 0 Å². The van der Waals surface area contributed by atoms with Crippen LogP contribution in [0.15, 0.2) is 0 Å². The Labute approximate surface area is 91.8 Å². The molecule has 1 saturated heterocycles. The van der Waals surface area contributed by atoms with Crippen LogP contribution in [0.25, 0.3) is 0 Å². The average Bonchev–Trinajstić information content (AvgIpc) is 1.97. The van der Waals surface area contributed by atoms with Gasteiger partial charge in [-0.15, -0.1) is 0 Å². The van der Waals surface area contributed by atoms with E-state index in [2.05, 4.69) is 13.8 Å². The molecule has 0 aromatic heterocycles. The van der Waals surface area contributed by atoms with E-state index in [0.717, 1.165) is 6.54 Å². The van der Waals surface area contributed by atoms with Gasteiger partial charge in [0, 0.05) is 18.5 Å². The minimum Gasteiger partial charge on any atom is -0.444 e. The fourth-order valence-corrected chi connectivity index (χ4v) is 1.92. The van der Waals surface area contributed by atoms with Crippen molar-refractivity contribution in [3.8, 4) is 0 Å². The number of nitrogens with zero attached hydrogens (tertiary/aromatic N) is 1. The van der Waals surface area contributed by atoms with Gasteiger partial charge in [0.05, 0.1) is 6.04 Å². The molecule has 4 nitrogen and oxygen atoms in total. The van der Waals surface area contributed by atoms with Crippen molar-refractivity contribution in [2.75, 3.05) is 13.1 Å². The van der Waals surface area contributed by atoms with Crippen LogP contribution in [0.2, 0.25) is 0 Å². The molecule has 15 heavy (non-hydrogen) atoms. The second-order valence-electron chi connectivity index (χ2n) is 5.85. The summed E-state index contributed by atoms with van der Waals surface area (Å²) >= 11 is 0. The van der Waals surface area contributed by atoms with Crippen LogP contribution >= 0.6 is 0 Å². The highest BCUT2D eigenvalue weighted by molar-refractivity contribution is 5.70. The Kier molecular flexibility index (Phi) is 3.01. The Hall–Kier alpha value is -0.770. The zero-order chi connectivity index (χ0) is 11.9. The summed E-state index contributed by atoms with van der Waals surface area (Å²) in [5.41, 5.74) is 5.33. The Morgan fingerprint density at radius 2 is 2.07 bits per heavy atom. The van der Waals surface area contributed by atoms with E-state index >= 15 is 0 Å². The number of amides is 1. The topological polar surface area (TPSA) is 55.6 Å². The van der Waals surface area contributed by atoms with E-state index in [4.69, 9.17) is 10.5 Å². The van der Waals surface area contributed by atoms with Gasteiger partial charge >= 0.3 is 6.09 Å². The number of hydrogen-bond donors (Lipinski definition) is 1. The standard InChI is InChI=1S/C11H22N2O2/c1-10(2,3)15-9(14)13-7-11(4,5)8(13)6-12/h8H,6-7,12H2,1-5H3/t8-/m1/s1. The van der Waals surface area contributed by atoms with Crippen molar-refractivity contribution in [3.05, 3.63) is 0 Å². The summed E-state index contributed by atoms with van der Waals surface area (Å²) < 4.78 is 5.30. The van der Waals surface area contributed by atoms with Gasteiger partial charge in [0.25, 0.3) is 0 Å². The molecule has 1 amide bonds. The smallest absolute Gasteiger partial charge is 0.410 e. The average molecular weight is 214 g/mol. The zero-order valence-electron chi connectivity index (χ0n) is 10.3. The summed E-state index contributed by atoms with van der Waals surface area (Å²) in [7, 11) is 0. The Morgan fingerprint density at radius 3 is 2.40 bits per heavy atom. The summed E-state index contributed by atoms with van der Waals surface area (Å²) in [6.07, 6.45) is -0.253. The van der Waals surface area contributed by atoms with E-state index in [-0.39, 0.29) is 17.6 Å². The largest absolute Gasteiger partial charge is 0.444 e. The molecular formula is C11H22N2O2. The highest BCUT2D eigenvalue weighted by atomic mass is 16.6. The van der Waals surface area contributed by atoms with Crippen molar-refractivity contribution in [2.24, 2.45) is 11.1 Å². The van der Waals surface area contributed by atoms with Crippen LogP contribution in [-0.2, 0) is 4.74 Å². The number of ether oxygens (including phenoxy) is 1. The maximum absolute atomic E-state index is 11.7. The second-order valence-corrected chi connectivity index (χ2v) is 5.85. The maximum Gasteiger partial charge on any atom is 0.410 e. The van der Waals surface area contributed by atoms with E-state index in [9.17, 15) is 4.79 Å². The fraction of sp³-hybridized carbons (Fsp3) is 0.909. The lowest BCUT2D eigenvalue weighted by Gasteiger charge is -2.53. The third kappa shape index (κ3) is 2.62. The summed E-state index contributed by atoms with van der Waals surface area (Å²) in [4.78, 5) is 13.5. The van der Waals surface area contributed by atoms with Crippen molar-refractivity contribution >= 4 is 6.09 Å². The predicted octanol–water partition coefficient (Wildman–Crippen LogP) is 1.59. The van der Waals surface area contributed by atoms with Crippen LogP contribution in [0.4, 0.5) is 4.79 Å². The van der Waals surface area contributed by atoms with E-state index < -0.39 is 5.60 Å². The minimum atomic E-state index is -0.435. The maximum atomic E-state index is 11.7. The molecule has 88 valence electrons. The highest BCUT2D eigenvalue weighted by Gasteiger charge is 2.48. The van der Waals surface area contributed by atoms with Gasteiger partial charge in [-0.05, 0) is 20.8 Å². The van der Waals surface area contributed by atoms with Crippen molar-refractivity contribution in [2.45, 2.75) is 46.3 Å². The minimum absolute atomic E-state index is 0.104. The Balaban J connectivity index is 2.57. The first-order chi connectivity index (χ1) is 6.67. The van der Waals surface area contributed by atoms with Gasteiger partial charge in [-0.2, -0.15) is 0 Å². The summed E-state index contributed by atoms with van der Waals surface area (Å²) in [5.74, 6) is 0. The lowest BCUT2D eigenvalue weighted by Crippen LogP contribution is -2.67. The first kappa shape index (κ1) is 12.3.